The number of carbonyl (C=O) groups is 1. The minimum Gasteiger partial charge on any atom is -0.530 e. The van der Waals surface area contributed by atoms with Crippen molar-refractivity contribution in [3.05, 3.63) is 0 Å². The van der Waals surface area contributed by atoms with Crippen molar-refractivity contribution in [2.24, 2.45) is 0 Å². The lowest BCUT2D eigenvalue weighted by Crippen LogP contribution is -2.41. The maximum absolute atomic E-state index is 9.92. The van der Waals surface area contributed by atoms with Gasteiger partial charge in [0.1, 0.15) is 6.09 Å². The highest BCUT2D eigenvalue weighted by molar-refractivity contribution is 5.61. The smallest absolute Gasteiger partial charge is 0.134 e. The van der Waals surface area contributed by atoms with Crippen LogP contribution in [0.3, 0.4) is 0 Å². The molecule has 0 aliphatic heterocycles. The number of hydrogen-bond donors (Lipinski definition) is 1. The van der Waals surface area contributed by atoms with Crippen LogP contribution in [0, 0.1) is 0 Å². The summed E-state index contributed by atoms with van der Waals surface area (Å²) < 4.78 is 0. The van der Waals surface area contributed by atoms with Gasteiger partial charge in [-0.2, -0.15) is 0 Å². The number of hydrogen-bond acceptors (Lipinski definition) is 3. The van der Waals surface area contributed by atoms with Gasteiger partial charge in [-0.3, -0.25) is 0 Å². The van der Waals surface area contributed by atoms with Crippen LogP contribution in [0.15, 0.2) is 0 Å². The zero-order chi connectivity index (χ0) is 8.69. The molecule has 0 rings (SSSR count). The fourth-order valence-corrected chi connectivity index (χ4v) is 0.856. The topological polar surface area (TPSA) is 55.4 Å². The van der Waals surface area contributed by atoms with Gasteiger partial charge in [-0.25, -0.2) is 0 Å². The molecule has 11 heavy (non-hydrogen) atoms. The fourth-order valence-electron chi connectivity index (χ4n) is 0.856. The lowest BCUT2D eigenvalue weighted by molar-refractivity contribution is -0.250. The van der Waals surface area contributed by atoms with Crippen LogP contribution in [0.4, 0.5) is 4.79 Å². The van der Waals surface area contributed by atoms with E-state index in [-0.39, 0.29) is 0 Å². The second-order valence-electron chi connectivity index (χ2n) is 2.24. The van der Waals surface area contributed by atoms with E-state index in [0.29, 0.717) is 6.54 Å². The highest BCUT2D eigenvalue weighted by Gasteiger charge is 1.96. The van der Waals surface area contributed by atoms with Crippen molar-refractivity contribution in [2.75, 3.05) is 26.2 Å². The average Bonchev–Trinajstić information content (AvgIpc) is 1.98. The Morgan fingerprint density at radius 1 is 1.45 bits per heavy atom. The van der Waals surface area contributed by atoms with Crippen molar-refractivity contribution < 1.29 is 9.90 Å². The molecule has 0 fully saturated rings. The van der Waals surface area contributed by atoms with Crippen molar-refractivity contribution in [1.29, 1.82) is 0 Å². The molecule has 0 bridgehead atoms. The Hall–Kier alpha value is -0.770. The van der Waals surface area contributed by atoms with Crippen molar-refractivity contribution in [3.8, 4) is 0 Å². The summed E-state index contributed by atoms with van der Waals surface area (Å²) in [5, 5.41) is 12.1. The summed E-state index contributed by atoms with van der Waals surface area (Å²) in [5.74, 6) is 0. The first kappa shape index (κ1) is 10.2. The summed E-state index contributed by atoms with van der Waals surface area (Å²) in [5.41, 5.74) is 0. The van der Waals surface area contributed by atoms with Crippen LogP contribution in [0.5, 0.6) is 0 Å². The number of nitrogens with one attached hydrogen (secondary N) is 1. The summed E-state index contributed by atoms with van der Waals surface area (Å²) in [6.45, 7) is 7.19. The van der Waals surface area contributed by atoms with Gasteiger partial charge in [0.2, 0.25) is 0 Å². The van der Waals surface area contributed by atoms with E-state index in [1.54, 1.807) is 0 Å². The van der Waals surface area contributed by atoms with Crippen LogP contribution >= 0.6 is 0 Å². The molecule has 0 saturated carbocycles. The minimum atomic E-state index is -1.20. The summed E-state index contributed by atoms with van der Waals surface area (Å²) in [7, 11) is 0. The summed E-state index contributed by atoms with van der Waals surface area (Å²) in [6.07, 6.45) is -1.20. The molecule has 0 spiro atoms. The largest absolute Gasteiger partial charge is 0.530 e. The Bertz CT molecular complexity index is 113. The van der Waals surface area contributed by atoms with E-state index in [4.69, 9.17) is 0 Å². The molecule has 0 radical (unpaired) electrons. The Kier molecular flexibility index (Phi) is 5.56. The van der Waals surface area contributed by atoms with Crippen molar-refractivity contribution in [2.45, 2.75) is 13.8 Å². The van der Waals surface area contributed by atoms with E-state index in [0.717, 1.165) is 19.6 Å². The second-order valence-corrected chi connectivity index (χ2v) is 2.24. The number of amides is 1. The summed E-state index contributed by atoms with van der Waals surface area (Å²) in [4.78, 5) is 12.1. The molecule has 0 saturated heterocycles. The molecule has 0 unspecified atom stereocenters. The molecule has 0 heterocycles. The van der Waals surface area contributed by atoms with Gasteiger partial charge in [0.25, 0.3) is 0 Å². The molecule has 0 aliphatic carbocycles. The van der Waals surface area contributed by atoms with Gasteiger partial charge in [0, 0.05) is 13.1 Å². The van der Waals surface area contributed by atoms with Gasteiger partial charge >= 0.3 is 0 Å². The Morgan fingerprint density at radius 2 is 2.00 bits per heavy atom. The molecular formula is C7H15N2O2-. The van der Waals surface area contributed by atoms with E-state index >= 15 is 0 Å². The normalized spacial score (nSPS) is 10.1. The van der Waals surface area contributed by atoms with E-state index in [2.05, 4.69) is 10.2 Å². The van der Waals surface area contributed by atoms with Gasteiger partial charge in [-0.15, -0.1) is 0 Å². The monoisotopic (exact) mass is 159 g/mol. The summed E-state index contributed by atoms with van der Waals surface area (Å²) in [6, 6.07) is 0. The predicted octanol–water partition coefficient (Wildman–Crippen LogP) is -0.739. The van der Waals surface area contributed by atoms with E-state index in [1.807, 2.05) is 13.8 Å². The number of nitrogens with zero attached hydrogens (tertiary/aromatic N) is 1. The molecule has 0 aromatic carbocycles. The first-order chi connectivity index (χ1) is 5.20. The molecule has 4 heteroatoms. The van der Waals surface area contributed by atoms with Gasteiger partial charge in [-0.1, -0.05) is 13.8 Å². The molecule has 0 aromatic heterocycles. The maximum atomic E-state index is 9.92. The number of carboxylic acid groups (broad SMARTS) is 1. The fraction of sp³-hybridized carbons (Fsp3) is 0.857. The van der Waals surface area contributed by atoms with Crippen LogP contribution in [0.2, 0.25) is 0 Å². The van der Waals surface area contributed by atoms with Gasteiger partial charge in [0.15, 0.2) is 0 Å². The second kappa shape index (κ2) is 5.97. The Balaban J connectivity index is 3.28. The molecule has 0 aromatic rings. The van der Waals surface area contributed by atoms with Crippen molar-refractivity contribution in [3.63, 3.8) is 0 Å². The van der Waals surface area contributed by atoms with Crippen LogP contribution in [-0.2, 0) is 0 Å². The zero-order valence-corrected chi connectivity index (χ0v) is 7.09. The maximum Gasteiger partial charge on any atom is 0.134 e. The summed E-state index contributed by atoms with van der Waals surface area (Å²) >= 11 is 0. The lowest BCUT2D eigenvalue weighted by atomic mass is 10.5. The van der Waals surface area contributed by atoms with Gasteiger partial charge in [-0.05, 0) is 13.1 Å². The third kappa shape index (κ3) is 5.66. The Labute approximate surface area is 67.2 Å². The molecule has 4 nitrogen and oxygen atoms in total. The molecule has 1 amide bonds. The van der Waals surface area contributed by atoms with Gasteiger partial charge in [0.05, 0.1) is 0 Å². The minimum absolute atomic E-state index is 0.448. The van der Waals surface area contributed by atoms with Crippen LogP contribution in [-0.4, -0.2) is 37.2 Å². The standard InChI is InChI=1S/C7H16N2O2/c1-3-9(4-2)6-5-8-7(10)11/h8H,3-6H2,1-2H3,(H,10,11)/p-1. The van der Waals surface area contributed by atoms with Gasteiger partial charge < -0.3 is 20.1 Å². The zero-order valence-electron chi connectivity index (χ0n) is 7.09. The molecule has 66 valence electrons. The average molecular weight is 159 g/mol. The molecule has 0 atom stereocenters. The van der Waals surface area contributed by atoms with E-state index in [9.17, 15) is 9.90 Å². The number of carbonyl (C=O) groups excluding carboxylic acids is 1. The van der Waals surface area contributed by atoms with Crippen LogP contribution in [0.25, 0.3) is 0 Å². The number of rotatable bonds is 5. The van der Waals surface area contributed by atoms with Crippen LogP contribution in [0.1, 0.15) is 13.8 Å². The quantitative estimate of drug-likeness (QED) is 0.575. The van der Waals surface area contributed by atoms with E-state index in [1.165, 1.54) is 0 Å². The highest BCUT2D eigenvalue weighted by Crippen LogP contribution is 1.83. The first-order valence-electron chi connectivity index (χ1n) is 3.87. The van der Waals surface area contributed by atoms with Crippen molar-refractivity contribution >= 4 is 6.09 Å². The third-order valence-electron chi connectivity index (χ3n) is 1.59. The first-order valence-corrected chi connectivity index (χ1v) is 3.87. The Morgan fingerprint density at radius 3 is 2.36 bits per heavy atom. The van der Waals surface area contributed by atoms with E-state index < -0.39 is 6.09 Å². The molecule has 1 N–H and O–H groups in total. The third-order valence-corrected chi connectivity index (χ3v) is 1.59. The molecule has 0 aliphatic rings. The lowest BCUT2D eigenvalue weighted by Gasteiger charge is -2.18. The SMILES string of the molecule is CCN(CC)CCNC(=O)[O-]. The molecular weight excluding hydrogens is 144 g/mol. The van der Waals surface area contributed by atoms with Crippen molar-refractivity contribution in [1.82, 2.24) is 10.2 Å². The highest BCUT2D eigenvalue weighted by atomic mass is 16.4. The number of likely N-dealkylation sites (N-methyl/N-ethyl adjacent to an activating group) is 1. The van der Waals surface area contributed by atoms with Crippen LogP contribution < -0.4 is 10.4 Å². The predicted molar refractivity (Wildman–Crippen MR) is 41.2 cm³/mol.